The van der Waals surface area contributed by atoms with E-state index in [1.807, 2.05) is 0 Å². The molecule has 0 spiro atoms. The Labute approximate surface area is 153 Å². The minimum atomic E-state index is -0.485. The van der Waals surface area contributed by atoms with Crippen LogP contribution < -0.4 is 15.6 Å². The van der Waals surface area contributed by atoms with Crippen LogP contribution in [0.4, 0.5) is 4.39 Å². The van der Waals surface area contributed by atoms with Crippen LogP contribution in [-0.2, 0) is 0 Å². The predicted molar refractivity (Wildman–Crippen MR) is 98.6 cm³/mol. The normalized spacial score (nSPS) is 12.0. The lowest BCUT2D eigenvalue weighted by Gasteiger charge is -2.17. The molecular weight excluding hydrogens is 357 g/mol. The smallest absolute Gasteiger partial charge is 0.259 e. The lowest BCUT2D eigenvalue weighted by Crippen LogP contribution is -2.27. The van der Waals surface area contributed by atoms with Gasteiger partial charge >= 0.3 is 0 Å². The van der Waals surface area contributed by atoms with Crippen LogP contribution in [0.2, 0.25) is 0 Å². The number of fused-ring (bicyclic) bond motifs is 1. The Morgan fingerprint density at radius 3 is 2.73 bits per heavy atom. The van der Waals surface area contributed by atoms with Crippen molar-refractivity contribution >= 4 is 29.0 Å². The van der Waals surface area contributed by atoms with E-state index in [2.05, 4.69) is 15.3 Å². The number of hydrogen-bond acceptors (Lipinski definition) is 4. The Balaban J connectivity index is 1.90. The molecule has 0 fully saturated rings. The largest absolute Gasteiger partial charge is 0.496 e. The summed E-state index contributed by atoms with van der Waals surface area (Å²) in [5, 5.41) is 3.20. The van der Waals surface area contributed by atoms with Gasteiger partial charge in [0, 0.05) is 11.1 Å². The number of hydrogen-bond donors (Lipinski definition) is 3. The molecular formula is C18H16FN3O3S. The number of aromatic amines is 2. The zero-order valence-corrected chi connectivity index (χ0v) is 14.9. The van der Waals surface area contributed by atoms with Crippen LogP contribution in [0.5, 0.6) is 5.75 Å². The highest BCUT2D eigenvalue weighted by molar-refractivity contribution is 7.71. The molecule has 0 aliphatic carbocycles. The van der Waals surface area contributed by atoms with Crippen molar-refractivity contribution in [3.05, 3.63) is 68.5 Å². The Kier molecular flexibility index (Phi) is 4.85. The van der Waals surface area contributed by atoms with Crippen molar-refractivity contribution in [2.24, 2.45) is 0 Å². The first-order chi connectivity index (χ1) is 12.4. The molecule has 2 aromatic carbocycles. The fourth-order valence-electron chi connectivity index (χ4n) is 2.71. The van der Waals surface area contributed by atoms with E-state index in [0.29, 0.717) is 27.8 Å². The van der Waals surface area contributed by atoms with Crippen LogP contribution >= 0.6 is 12.2 Å². The molecule has 0 aliphatic heterocycles. The first kappa shape index (κ1) is 17.8. The molecule has 0 aliphatic rings. The van der Waals surface area contributed by atoms with Gasteiger partial charge in [-0.25, -0.2) is 4.39 Å². The molecule has 1 atom stereocenters. The van der Waals surface area contributed by atoms with Crippen LogP contribution in [0.15, 0.2) is 41.2 Å². The van der Waals surface area contributed by atoms with E-state index in [1.165, 1.54) is 25.3 Å². The fraction of sp³-hybridized carbons (Fsp3) is 0.167. The van der Waals surface area contributed by atoms with Gasteiger partial charge in [-0.15, -0.1) is 0 Å². The number of amides is 1. The highest BCUT2D eigenvalue weighted by Gasteiger charge is 2.16. The van der Waals surface area contributed by atoms with Crippen LogP contribution in [-0.4, -0.2) is 23.0 Å². The molecule has 0 bridgehead atoms. The third-order valence-corrected chi connectivity index (χ3v) is 4.21. The maximum atomic E-state index is 13.5. The van der Waals surface area contributed by atoms with E-state index < -0.39 is 11.9 Å². The molecule has 8 heteroatoms. The second-order valence-corrected chi connectivity index (χ2v) is 6.16. The van der Waals surface area contributed by atoms with Gasteiger partial charge in [-0.05, 0) is 55.5 Å². The molecule has 0 radical (unpaired) electrons. The van der Waals surface area contributed by atoms with E-state index in [0.717, 1.165) is 0 Å². The number of rotatable bonds is 4. The molecule has 1 amide bonds. The van der Waals surface area contributed by atoms with Gasteiger partial charge in [0.25, 0.3) is 11.5 Å². The Hall–Kier alpha value is -3.00. The molecule has 26 heavy (non-hydrogen) atoms. The SMILES string of the molecule is COc1ccc(F)cc1[C@H](C)NC(=O)c1ccc2c(=O)[nH]c(=S)[nH]c2c1. The topological polar surface area (TPSA) is 87.0 Å². The van der Waals surface area contributed by atoms with Crippen LogP contribution in [0.1, 0.15) is 28.9 Å². The average Bonchev–Trinajstić information content (AvgIpc) is 2.60. The third kappa shape index (κ3) is 3.50. The monoisotopic (exact) mass is 373 g/mol. The molecule has 3 N–H and O–H groups in total. The highest BCUT2D eigenvalue weighted by atomic mass is 32.1. The summed E-state index contributed by atoms with van der Waals surface area (Å²) in [6, 6.07) is 8.27. The number of nitrogens with one attached hydrogen (secondary N) is 3. The maximum absolute atomic E-state index is 13.5. The van der Waals surface area contributed by atoms with Crippen molar-refractivity contribution in [1.29, 1.82) is 0 Å². The van der Waals surface area contributed by atoms with E-state index in [-0.39, 0.29) is 16.2 Å². The first-order valence-corrected chi connectivity index (χ1v) is 8.20. The van der Waals surface area contributed by atoms with Crippen molar-refractivity contribution < 1.29 is 13.9 Å². The molecule has 1 aromatic heterocycles. The number of benzene rings is 2. The van der Waals surface area contributed by atoms with Crippen molar-refractivity contribution in [1.82, 2.24) is 15.3 Å². The molecule has 1 heterocycles. The molecule has 0 unspecified atom stereocenters. The number of methoxy groups -OCH3 is 1. The zero-order chi connectivity index (χ0) is 18.8. The zero-order valence-electron chi connectivity index (χ0n) is 14.1. The summed E-state index contributed by atoms with van der Waals surface area (Å²) in [4.78, 5) is 29.7. The maximum Gasteiger partial charge on any atom is 0.259 e. The summed E-state index contributed by atoms with van der Waals surface area (Å²) < 4.78 is 18.9. The first-order valence-electron chi connectivity index (χ1n) is 7.79. The number of carbonyl (C=O) groups excluding carboxylic acids is 1. The van der Waals surface area contributed by atoms with E-state index in [9.17, 15) is 14.0 Å². The molecule has 3 rings (SSSR count). The number of carbonyl (C=O) groups is 1. The minimum Gasteiger partial charge on any atom is -0.496 e. The van der Waals surface area contributed by atoms with Gasteiger partial charge in [0.05, 0.1) is 24.1 Å². The summed E-state index contributed by atoms with van der Waals surface area (Å²) in [5.41, 5.74) is 1.00. The Morgan fingerprint density at radius 2 is 2.00 bits per heavy atom. The highest BCUT2D eigenvalue weighted by Crippen LogP contribution is 2.26. The van der Waals surface area contributed by atoms with Crippen molar-refractivity contribution in [3.63, 3.8) is 0 Å². The van der Waals surface area contributed by atoms with E-state index >= 15 is 0 Å². The van der Waals surface area contributed by atoms with Gasteiger partial charge < -0.3 is 15.0 Å². The molecule has 134 valence electrons. The summed E-state index contributed by atoms with van der Waals surface area (Å²) in [6.45, 7) is 1.73. The van der Waals surface area contributed by atoms with Gasteiger partial charge in [-0.3, -0.25) is 14.6 Å². The van der Waals surface area contributed by atoms with Crippen molar-refractivity contribution in [2.75, 3.05) is 7.11 Å². The van der Waals surface area contributed by atoms with Crippen LogP contribution in [0, 0.1) is 10.6 Å². The summed E-state index contributed by atoms with van der Waals surface area (Å²) in [7, 11) is 1.48. The third-order valence-electron chi connectivity index (χ3n) is 4.01. The van der Waals surface area contributed by atoms with Gasteiger partial charge in [0.1, 0.15) is 11.6 Å². The lowest BCUT2D eigenvalue weighted by molar-refractivity contribution is 0.0939. The second kappa shape index (κ2) is 7.09. The fourth-order valence-corrected chi connectivity index (χ4v) is 2.91. The van der Waals surface area contributed by atoms with E-state index in [4.69, 9.17) is 17.0 Å². The Morgan fingerprint density at radius 1 is 1.23 bits per heavy atom. The minimum absolute atomic E-state index is 0.179. The number of H-pyrrole nitrogens is 2. The summed E-state index contributed by atoms with van der Waals surface area (Å²) >= 11 is 4.95. The lowest BCUT2D eigenvalue weighted by atomic mass is 10.1. The number of halogens is 1. The average molecular weight is 373 g/mol. The molecule has 0 saturated heterocycles. The van der Waals surface area contributed by atoms with Gasteiger partial charge in [0.15, 0.2) is 4.77 Å². The predicted octanol–water partition coefficient (Wildman–Crippen LogP) is 3.22. The van der Waals surface area contributed by atoms with Crippen LogP contribution in [0.3, 0.4) is 0 Å². The standard InChI is InChI=1S/C18H16FN3O3S/c1-9(13-8-11(19)4-6-15(13)25-2)20-16(23)10-3-5-12-14(7-10)21-18(26)22-17(12)24/h3-9H,1-2H3,(H,20,23)(H2,21,22,24,26)/t9-/m0/s1. The van der Waals surface area contributed by atoms with Gasteiger partial charge in [0.2, 0.25) is 0 Å². The molecule has 3 aromatic rings. The summed E-state index contributed by atoms with van der Waals surface area (Å²) in [5.74, 6) is -0.307. The molecule has 6 nitrogen and oxygen atoms in total. The second-order valence-electron chi connectivity index (χ2n) is 5.75. The van der Waals surface area contributed by atoms with Gasteiger partial charge in [-0.2, -0.15) is 0 Å². The molecule has 0 saturated carbocycles. The Bertz CT molecular complexity index is 1110. The quantitative estimate of drug-likeness (QED) is 0.613. The number of aromatic nitrogens is 2. The van der Waals surface area contributed by atoms with Gasteiger partial charge in [-0.1, -0.05) is 0 Å². The summed E-state index contributed by atoms with van der Waals surface area (Å²) in [6.07, 6.45) is 0. The van der Waals surface area contributed by atoms with E-state index in [1.54, 1.807) is 25.1 Å². The van der Waals surface area contributed by atoms with Crippen molar-refractivity contribution in [2.45, 2.75) is 13.0 Å². The van der Waals surface area contributed by atoms with Crippen molar-refractivity contribution in [3.8, 4) is 5.75 Å². The number of ether oxygens (including phenoxy) is 1. The van der Waals surface area contributed by atoms with Crippen LogP contribution in [0.25, 0.3) is 10.9 Å².